The van der Waals surface area contributed by atoms with Crippen LogP contribution in [0.15, 0.2) is 52.3 Å². The lowest BCUT2D eigenvalue weighted by Crippen LogP contribution is -2.35. The van der Waals surface area contributed by atoms with Crippen LogP contribution in [0.1, 0.15) is 50.4 Å². The number of sulfonamides is 2. The summed E-state index contributed by atoms with van der Waals surface area (Å²) in [4.78, 5) is 11.4. The number of anilines is 1. The van der Waals surface area contributed by atoms with E-state index in [0.29, 0.717) is 18.7 Å². The van der Waals surface area contributed by atoms with E-state index in [-0.39, 0.29) is 33.1 Å². The number of rotatable bonds is 8. The number of ether oxygens (including phenoxy) is 1. The molecule has 1 N–H and O–H groups in total. The van der Waals surface area contributed by atoms with Gasteiger partial charge in [-0.1, -0.05) is 18.6 Å². The predicted octanol–water partition coefficient (Wildman–Crippen LogP) is 3.65. The second-order valence-electron chi connectivity index (χ2n) is 7.98. The fourth-order valence-electron chi connectivity index (χ4n) is 3.43. The average molecular weight is 481 g/mol. The molecular formula is C22H28N2O6S2. The van der Waals surface area contributed by atoms with Crippen molar-refractivity contribution in [3.8, 4) is 5.75 Å². The van der Waals surface area contributed by atoms with Crippen molar-refractivity contribution >= 4 is 31.5 Å². The van der Waals surface area contributed by atoms with Gasteiger partial charge in [-0.25, -0.2) is 16.8 Å². The summed E-state index contributed by atoms with van der Waals surface area (Å²) >= 11 is 0. The summed E-state index contributed by atoms with van der Waals surface area (Å²) in [6.45, 7) is 5.85. The van der Waals surface area contributed by atoms with Crippen LogP contribution >= 0.6 is 0 Å². The minimum Gasteiger partial charge on any atom is -0.489 e. The minimum atomic E-state index is -4.05. The van der Waals surface area contributed by atoms with Gasteiger partial charge in [0.05, 0.1) is 21.6 Å². The molecular weight excluding hydrogens is 452 g/mol. The van der Waals surface area contributed by atoms with E-state index in [1.165, 1.54) is 53.7 Å². The molecule has 2 aromatic carbocycles. The highest BCUT2D eigenvalue weighted by molar-refractivity contribution is 7.92. The Morgan fingerprint density at radius 3 is 2.09 bits per heavy atom. The average Bonchev–Trinajstić information content (AvgIpc) is 2.75. The summed E-state index contributed by atoms with van der Waals surface area (Å²) in [5.74, 6) is 0.0478. The molecule has 1 heterocycles. The number of hydrogen-bond donors (Lipinski definition) is 1. The summed E-state index contributed by atoms with van der Waals surface area (Å²) in [6, 6.07) is 9.71. The number of ketones is 1. The van der Waals surface area contributed by atoms with Gasteiger partial charge in [0.25, 0.3) is 10.0 Å². The van der Waals surface area contributed by atoms with E-state index in [1.807, 2.05) is 0 Å². The van der Waals surface area contributed by atoms with Crippen LogP contribution in [0, 0.1) is 0 Å². The fraction of sp³-hybridized carbons (Fsp3) is 0.409. The number of Topliss-reactive ketones (excluding diaryl/α,β-unsaturated/α-hetero) is 1. The molecule has 0 spiro atoms. The Morgan fingerprint density at radius 2 is 1.53 bits per heavy atom. The van der Waals surface area contributed by atoms with Gasteiger partial charge < -0.3 is 4.74 Å². The number of benzene rings is 2. The summed E-state index contributed by atoms with van der Waals surface area (Å²) in [5.41, 5.74) is 0.426. The quantitative estimate of drug-likeness (QED) is 0.578. The van der Waals surface area contributed by atoms with Crippen LogP contribution < -0.4 is 9.46 Å². The van der Waals surface area contributed by atoms with Crippen LogP contribution in [0.25, 0.3) is 0 Å². The molecule has 0 unspecified atom stereocenters. The van der Waals surface area contributed by atoms with Crippen molar-refractivity contribution in [2.24, 2.45) is 0 Å². The minimum absolute atomic E-state index is 0.000124. The molecule has 0 atom stereocenters. The molecule has 32 heavy (non-hydrogen) atoms. The Bertz CT molecular complexity index is 1180. The second kappa shape index (κ2) is 9.60. The molecule has 1 aliphatic heterocycles. The topological polar surface area (TPSA) is 110 Å². The standard InChI is InChI=1S/C22H28N2O6S2/c1-16(2)30-22-12-11-20(32(28,29)24-13-5-4-6-14-24)15-21(22)23-31(26,27)19-9-7-18(8-10-19)17(3)25/h7-12,15-16,23H,4-6,13-14H2,1-3H3. The van der Waals surface area contributed by atoms with Crippen molar-refractivity contribution in [2.45, 2.75) is 55.9 Å². The van der Waals surface area contributed by atoms with Crippen molar-refractivity contribution in [3.05, 3.63) is 48.0 Å². The maximum Gasteiger partial charge on any atom is 0.262 e. The van der Waals surface area contributed by atoms with Crippen LogP contribution in [0.3, 0.4) is 0 Å². The van der Waals surface area contributed by atoms with Gasteiger partial charge in [0.1, 0.15) is 5.75 Å². The number of carbonyl (C=O) groups excluding carboxylic acids is 1. The zero-order valence-corrected chi connectivity index (χ0v) is 20.0. The molecule has 0 amide bonds. The van der Waals surface area contributed by atoms with Crippen molar-refractivity contribution in [1.29, 1.82) is 0 Å². The third-order valence-corrected chi connectivity index (χ3v) is 8.36. The maximum absolute atomic E-state index is 13.1. The van der Waals surface area contributed by atoms with Gasteiger partial charge in [0.2, 0.25) is 10.0 Å². The smallest absolute Gasteiger partial charge is 0.262 e. The Hall–Kier alpha value is -2.43. The first-order chi connectivity index (χ1) is 15.0. The Balaban J connectivity index is 1.98. The van der Waals surface area contributed by atoms with E-state index in [1.54, 1.807) is 13.8 Å². The molecule has 1 saturated heterocycles. The zero-order chi connectivity index (χ0) is 23.5. The van der Waals surface area contributed by atoms with Gasteiger partial charge in [0, 0.05) is 18.7 Å². The van der Waals surface area contributed by atoms with E-state index in [0.717, 1.165) is 19.3 Å². The molecule has 0 aromatic heterocycles. The fourth-order valence-corrected chi connectivity index (χ4v) is 6.04. The van der Waals surface area contributed by atoms with E-state index < -0.39 is 20.0 Å². The highest BCUT2D eigenvalue weighted by Crippen LogP contribution is 2.32. The normalized spacial score (nSPS) is 15.5. The SMILES string of the molecule is CC(=O)c1ccc(S(=O)(=O)Nc2cc(S(=O)(=O)N3CCCCC3)ccc2OC(C)C)cc1. The number of nitrogens with zero attached hydrogens (tertiary/aromatic N) is 1. The molecule has 0 aliphatic carbocycles. The largest absolute Gasteiger partial charge is 0.489 e. The second-order valence-corrected chi connectivity index (χ2v) is 11.6. The molecule has 174 valence electrons. The van der Waals surface area contributed by atoms with E-state index in [9.17, 15) is 21.6 Å². The monoisotopic (exact) mass is 480 g/mol. The number of hydrogen-bond acceptors (Lipinski definition) is 6. The van der Waals surface area contributed by atoms with Gasteiger partial charge in [0.15, 0.2) is 5.78 Å². The van der Waals surface area contributed by atoms with Gasteiger partial charge in [-0.05, 0) is 63.9 Å². The van der Waals surface area contributed by atoms with Crippen LogP contribution in [0.4, 0.5) is 5.69 Å². The van der Waals surface area contributed by atoms with Crippen molar-refractivity contribution in [2.75, 3.05) is 17.8 Å². The van der Waals surface area contributed by atoms with Crippen molar-refractivity contribution in [1.82, 2.24) is 4.31 Å². The molecule has 10 heteroatoms. The predicted molar refractivity (Wildman–Crippen MR) is 122 cm³/mol. The first-order valence-electron chi connectivity index (χ1n) is 10.5. The third kappa shape index (κ3) is 5.48. The van der Waals surface area contributed by atoms with E-state index >= 15 is 0 Å². The number of nitrogens with one attached hydrogen (secondary N) is 1. The van der Waals surface area contributed by atoms with Gasteiger partial charge in [-0.15, -0.1) is 0 Å². The Morgan fingerprint density at radius 1 is 0.938 bits per heavy atom. The Labute approximate surface area is 189 Å². The summed E-state index contributed by atoms with van der Waals surface area (Å²) in [6.07, 6.45) is 2.32. The van der Waals surface area contributed by atoms with Crippen LogP contribution in [0.2, 0.25) is 0 Å². The van der Waals surface area contributed by atoms with Crippen LogP contribution in [-0.2, 0) is 20.0 Å². The highest BCUT2D eigenvalue weighted by atomic mass is 32.2. The molecule has 0 bridgehead atoms. The molecule has 0 saturated carbocycles. The van der Waals surface area contributed by atoms with Gasteiger partial charge in [-0.2, -0.15) is 4.31 Å². The summed E-state index contributed by atoms with van der Waals surface area (Å²) < 4.78 is 61.7. The lowest BCUT2D eigenvalue weighted by atomic mass is 10.2. The molecule has 1 fully saturated rings. The van der Waals surface area contributed by atoms with Crippen molar-refractivity contribution in [3.63, 3.8) is 0 Å². The van der Waals surface area contributed by atoms with E-state index in [4.69, 9.17) is 4.74 Å². The third-order valence-electron chi connectivity index (χ3n) is 5.08. The van der Waals surface area contributed by atoms with Crippen LogP contribution in [0.5, 0.6) is 5.75 Å². The summed E-state index contributed by atoms with van der Waals surface area (Å²) in [7, 11) is -7.81. The van der Waals surface area contributed by atoms with Crippen molar-refractivity contribution < 1.29 is 26.4 Å². The highest BCUT2D eigenvalue weighted by Gasteiger charge is 2.28. The summed E-state index contributed by atoms with van der Waals surface area (Å²) in [5, 5.41) is 0. The number of piperidine rings is 1. The van der Waals surface area contributed by atoms with Crippen LogP contribution in [-0.4, -0.2) is 46.1 Å². The molecule has 2 aromatic rings. The maximum atomic E-state index is 13.1. The Kier molecular flexibility index (Phi) is 7.26. The van der Waals surface area contributed by atoms with Gasteiger partial charge >= 0.3 is 0 Å². The molecule has 3 rings (SSSR count). The molecule has 1 aliphatic rings. The number of carbonyl (C=O) groups is 1. The van der Waals surface area contributed by atoms with E-state index in [2.05, 4.69) is 4.72 Å². The van der Waals surface area contributed by atoms with Gasteiger partial charge in [-0.3, -0.25) is 9.52 Å². The zero-order valence-electron chi connectivity index (χ0n) is 18.4. The lowest BCUT2D eigenvalue weighted by Gasteiger charge is -2.26. The first kappa shape index (κ1) is 24.2. The molecule has 0 radical (unpaired) electrons. The lowest BCUT2D eigenvalue weighted by molar-refractivity contribution is 0.101. The molecule has 8 nitrogen and oxygen atoms in total. The first-order valence-corrected chi connectivity index (χ1v) is 13.4.